The molecule has 1 aromatic carbocycles. The number of hydrogen-bond acceptors (Lipinski definition) is 4. The van der Waals surface area contributed by atoms with E-state index in [0.29, 0.717) is 18.4 Å². The predicted molar refractivity (Wildman–Crippen MR) is 73.2 cm³/mol. The van der Waals surface area contributed by atoms with Gasteiger partial charge in [0.1, 0.15) is 0 Å². The number of carbonyl (C=O) groups is 1. The Kier molecular flexibility index (Phi) is 4.68. The van der Waals surface area contributed by atoms with Crippen molar-refractivity contribution in [1.82, 2.24) is 5.32 Å². The van der Waals surface area contributed by atoms with Crippen LogP contribution in [0, 0.1) is 10.1 Å². The van der Waals surface area contributed by atoms with E-state index in [2.05, 4.69) is 5.32 Å². The molecule has 0 radical (unpaired) electrons. The second kappa shape index (κ2) is 6.47. The Morgan fingerprint density at radius 2 is 2.05 bits per heavy atom. The smallest absolute Gasteiger partial charge is 0.269 e. The number of nitro groups is 1. The average molecular weight is 278 g/mol. The normalized spacial score (nSPS) is 22.2. The molecule has 1 saturated carbocycles. The van der Waals surface area contributed by atoms with Gasteiger partial charge in [-0.2, -0.15) is 0 Å². The number of benzene rings is 1. The predicted octanol–water partition coefficient (Wildman–Crippen LogP) is 1.56. The quantitative estimate of drug-likeness (QED) is 0.645. The molecule has 1 amide bonds. The Balaban J connectivity index is 1.88. The van der Waals surface area contributed by atoms with Crippen LogP contribution in [0.1, 0.15) is 31.2 Å². The Bertz CT molecular complexity index is 496. The molecule has 108 valence electrons. The first-order valence-electron chi connectivity index (χ1n) is 6.75. The van der Waals surface area contributed by atoms with E-state index in [9.17, 15) is 20.0 Å². The lowest BCUT2D eigenvalue weighted by Crippen LogP contribution is -2.39. The first-order valence-corrected chi connectivity index (χ1v) is 6.75. The highest BCUT2D eigenvalue weighted by molar-refractivity contribution is 5.79. The number of nitrogens with one attached hydrogen (secondary N) is 1. The molecule has 1 fully saturated rings. The Labute approximate surface area is 117 Å². The fourth-order valence-electron chi connectivity index (χ4n) is 2.46. The number of nitro benzene ring substituents is 1. The fraction of sp³-hybridized carbons (Fsp3) is 0.500. The zero-order valence-corrected chi connectivity index (χ0v) is 11.1. The van der Waals surface area contributed by atoms with Crippen LogP contribution >= 0.6 is 0 Å². The Morgan fingerprint density at radius 3 is 2.70 bits per heavy atom. The van der Waals surface area contributed by atoms with Crippen LogP contribution in [0.2, 0.25) is 0 Å². The second-order valence-electron chi connectivity index (χ2n) is 5.18. The third-order valence-electron chi connectivity index (χ3n) is 3.55. The largest absolute Gasteiger partial charge is 0.393 e. The summed E-state index contributed by atoms with van der Waals surface area (Å²) in [5.41, 5.74) is 0.628. The molecule has 0 aromatic heterocycles. The van der Waals surface area contributed by atoms with Gasteiger partial charge in [0.2, 0.25) is 5.91 Å². The van der Waals surface area contributed by atoms with E-state index in [4.69, 9.17) is 0 Å². The molecule has 0 atom stereocenters. The lowest BCUT2D eigenvalue weighted by atomic mass is 9.93. The third kappa shape index (κ3) is 4.03. The highest BCUT2D eigenvalue weighted by atomic mass is 16.6. The second-order valence-corrected chi connectivity index (χ2v) is 5.18. The van der Waals surface area contributed by atoms with Crippen molar-refractivity contribution in [1.29, 1.82) is 0 Å². The molecule has 20 heavy (non-hydrogen) atoms. The summed E-state index contributed by atoms with van der Waals surface area (Å²) in [6.07, 6.45) is 2.87. The number of nitrogens with zero attached hydrogens (tertiary/aromatic N) is 1. The summed E-state index contributed by atoms with van der Waals surface area (Å²) in [5.74, 6) is -0.133. The summed E-state index contributed by atoms with van der Waals surface area (Å²) in [6, 6.07) is 6.22. The van der Waals surface area contributed by atoms with Crippen LogP contribution in [0.25, 0.3) is 0 Å². The van der Waals surface area contributed by atoms with Crippen LogP contribution < -0.4 is 5.32 Å². The molecule has 0 aliphatic heterocycles. The minimum absolute atomic E-state index is 0.00362. The van der Waals surface area contributed by atoms with Crippen molar-refractivity contribution in [3.05, 3.63) is 39.9 Å². The SMILES string of the molecule is O=C(Cc1cccc([N+](=O)[O-])c1)NC1CCC(O)CC1. The van der Waals surface area contributed by atoms with Crippen LogP contribution in [-0.2, 0) is 11.2 Å². The Morgan fingerprint density at radius 1 is 1.35 bits per heavy atom. The minimum Gasteiger partial charge on any atom is -0.393 e. The topological polar surface area (TPSA) is 92.5 Å². The van der Waals surface area contributed by atoms with Crippen molar-refractivity contribution in [2.75, 3.05) is 0 Å². The van der Waals surface area contributed by atoms with Crippen molar-refractivity contribution in [2.24, 2.45) is 0 Å². The number of rotatable bonds is 4. The van der Waals surface area contributed by atoms with Gasteiger partial charge in [0.15, 0.2) is 0 Å². The van der Waals surface area contributed by atoms with Gasteiger partial charge in [-0.05, 0) is 31.2 Å². The molecule has 0 saturated heterocycles. The zero-order chi connectivity index (χ0) is 14.5. The Hall–Kier alpha value is -1.95. The molecule has 0 spiro atoms. The zero-order valence-electron chi connectivity index (χ0n) is 11.1. The molecule has 1 aliphatic rings. The molecule has 6 heteroatoms. The summed E-state index contributed by atoms with van der Waals surface area (Å²) in [4.78, 5) is 22.1. The van der Waals surface area contributed by atoms with E-state index in [0.717, 1.165) is 12.8 Å². The maximum atomic E-state index is 11.9. The number of hydrogen-bond donors (Lipinski definition) is 2. The van der Waals surface area contributed by atoms with Crippen molar-refractivity contribution < 1.29 is 14.8 Å². The molecule has 2 rings (SSSR count). The standard InChI is InChI=1S/C14H18N2O4/c17-13-6-4-11(5-7-13)15-14(18)9-10-2-1-3-12(8-10)16(19)20/h1-3,8,11,13,17H,4-7,9H2,(H,15,18). The van der Waals surface area contributed by atoms with Crippen LogP contribution in [-0.4, -0.2) is 28.1 Å². The first kappa shape index (κ1) is 14.5. The van der Waals surface area contributed by atoms with E-state index >= 15 is 0 Å². The number of aliphatic hydroxyl groups excluding tert-OH is 1. The summed E-state index contributed by atoms with van der Waals surface area (Å²) < 4.78 is 0. The van der Waals surface area contributed by atoms with Crippen LogP contribution in [0.3, 0.4) is 0 Å². The molecule has 1 aliphatic carbocycles. The molecule has 2 N–H and O–H groups in total. The van der Waals surface area contributed by atoms with E-state index in [-0.39, 0.29) is 30.2 Å². The molecular weight excluding hydrogens is 260 g/mol. The van der Waals surface area contributed by atoms with Crippen molar-refractivity contribution in [2.45, 2.75) is 44.2 Å². The van der Waals surface area contributed by atoms with Crippen molar-refractivity contribution in [3.63, 3.8) is 0 Å². The molecular formula is C14H18N2O4. The van der Waals surface area contributed by atoms with Gasteiger partial charge in [-0.1, -0.05) is 12.1 Å². The lowest BCUT2D eigenvalue weighted by molar-refractivity contribution is -0.384. The average Bonchev–Trinajstić information content (AvgIpc) is 2.41. The summed E-state index contributed by atoms with van der Waals surface area (Å²) in [7, 11) is 0. The van der Waals surface area contributed by atoms with Crippen LogP contribution in [0.4, 0.5) is 5.69 Å². The van der Waals surface area contributed by atoms with Crippen molar-refractivity contribution in [3.8, 4) is 0 Å². The van der Waals surface area contributed by atoms with E-state index in [1.807, 2.05) is 0 Å². The fourth-order valence-corrected chi connectivity index (χ4v) is 2.46. The number of aliphatic hydroxyl groups is 1. The molecule has 6 nitrogen and oxygen atoms in total. The monoisotopic (exact) mass is 278 g/mol. The van der Waals surface area contributed by atoms with E-state index in [1.54, 1.807) is 12.1 Å². The van der Waals surface area contributed by atoms with Gasteiger partial charge in [-0.25, -0.2) is 0 Å². The summed E-state index contributed by atoms with van der Waals surface area (Å²) in [5, 5.41) is 23.0. The number of carbonyl (C=O) groups excluding carboxylic acids is 1. The summed E-state index contributed by atoms with van der Waals surface area (Å²) >= 11 is 0. The number of non-ortho nitro benzene ring substituents is 1. The number of amides is 1. The van der Waals surface area contributed by atoms with Crippen molar-refractivity contribution >= 4 is 11.6 Å². The van der Waals surface area contributed by atoms with Gasteiger partial charge in [-0.15, -0.1) is 0 Å². The highest BCUT2D eigenvalue weighted by Gasteiger charge is 2.20. The van der Waals surface area contributed by atoms with Gasteiger partial charge in [0, 0.05) is 18.2 Å². The van der Waals surface area contributed by atoms with Gasteiger partial charge in [0.05, 0.1) is 17.4 Å². The van der Waals surface area contributed by atoms with Crippen LogP contribution in [0.15, 0.2) is 24.3 Å². The highest BCUT2D eigenvalue weighted by Crippen LogP contribution is 2.19. The van der Waals surface area contributed by atoms with Gasteiger partial charge >= 0.3 is 0 Å². The van der Waals surface area contributed by atoms with Gasteiger partial charge < -0.3 is 10.4 Å². The van der Waals surface area contributed by atoms with Crippen LogP contribution in [0.5, 0.6) is 0 Å². The maximum absolute atomic E-state index is 11.9. The van der Waals surface area contributed by atoms with E-state index in [1.165, 1.54) is 12.1 Å². The molecule has 0 unspecified atom stereocenters. The van der Waals surface area contributed by atoms with Gasteiger partial charge in [0.25, 0.3) is 5.69 Å². The molecule has 0 heterocycles. The molecule has 0 bridgehead atoms. The van der Waals surface area contributed by atoms with Gasteiger partial charge in [-0.3, -0.25) is 14.9 Å². The molecule has 1 aromatic rings. The minimum atomic E-state index is -0.468. The lowest BCUT2D eigenvalue weighted by Gasteiger charge is -2.26. The maximum Gasteiger partial charge on any atom is 0.269 e. The van der Waals surface area contributed by atoms with E-state index < -0.39 is 4.92 Å². The summed E-state index contributed by atoms with van der Waals surface area (Å²) in [6.45, 7) is 0. The first-order chi connectivity index (χ1) is 9.54. The third-order valence-corrected chi connectivity index (χ3v) is 3.55.